The molecule has 2 aromatic carbocycles. The lowest BCUT2D eigenvalue weighted by Crippen LogP contribution is -2.24. The van der Waals surface area contributed by atoms with Crippen molar-refractivity contribution in [2.24, 2.45) is 10.2 Å². The summed E-state index contributed by atoms with van der Waals surface area (Å²) >= 11 is 1.34. The molecule has 0 aliphatic carbocycles. The highest BCUT2D eigenvalue weighted by molar-refractivity contribution is 8.15. The third-order valence-electron chi connectivity index (χ3n) is 3.88. The van der Waals surface area contributed by atoms with E-state index in [-0.39, 0.29) is 21.8 Å². The van der Waals surface area contributed by atoms with Gasteiger partial charge in [-0.3, -0.25) is 4.79 Å². The number of hydrogen-bond acceptors (Lipinski definition) is 7. The zero-order valence-electron chi connectivity index (χ0n) is 15.3. The van der Waals surface area contributed by atoms with Crippen LogP contribution >= 0.6 is 11.8 Å². The number of carbonyl (C=O) groups is 1. The smallest absolute Gasteiger partial charge is 0.339 e. The Labute approximate surface area is 168 Å². The van der Waals surface area contributed by atoms with Gasteiger partial charge in [0.25, 0.3) is 0 Å². The molecule has 1 aliphatic rings. The van der Waals surface area contributed by atoms with Crippen LogP contribution in [0.5, 0.6) is 5.75 Å². The number of carbonyl (C=O) groups excluding carboxylic acids is 1. The van der Waals surface area contributed by atoms with Crippen molar-refractivity contribution in [1.29, 1.82) is 0 Å². The molecule has 7 nitrogen and oxygen atoms in total. The van der Waals surface area contributed by atoms with Crippen molar-refractivity contribution in [3.63, 3.8) is 0 Å². The number of hydrogen-bond donors (Lipinski definition) is 1. The number of aryl methyl sites for hydroxylation is 1. The van der Waals surface area contributed by atoms with Crippen LogP contribution in [0.4, 0.5) is 0 Å². The Morgan fingerprint density at radius 3 is 2.64 bits per heavy atom. The van der Waals surface area contributed by atoms with Gasteiger partial charge in [-0.15, -0.1) is 5.10 Å². The van der Waals surface area contributed by atoms with Crippen LogP contribution in [0.15, 0.2) is 63.6 Å². The highest BCUT2D eigenvalue weighted by atomic mass is 32.2. The van der Waals surface area contributed by atoms with Gasteiger partial charge in [0.15, 0.2) is 5.17 Å². The lowest BCUT2D eigenvalue weighted by Gasteiger charge is -2.07. The molecule has 1 N–H and O–H groups in total. The summed E-state index contributed by atoms with van der Waals surface area (Å²) in [5.41, 5.74) is 1.57. The van der Waals surface area contributed by atoms with E-state index < -0.39 is 10.1 Å². The zero-order valence-corrected chi connectivity index (χ0v) is 17.0. The fourth-order valence-corrected chi connectivity index (χ4v) is 4.17. The predicted molar refractivity (Wildman–Crippen MR) is 110 cm³/mol. The van der Waals surface area contributed by atoms with Gasteiger partial charge in [0, 0.05) is 0 Å². The summed E-state index contributed by atoms with van der Waals surface area (Å²) in [5, 5.41) is 10.9. The van der Waals surface area contributed by atoms with E-state index in [9.17, 15) is 13.2 Å². The largest absolute Gasteiger partial charge is 0.379 e. The second-order valence-corrected chi connectivity index (χ2v) is 8.81. The summed E-state index contributed by atoms with van der Waals surface area (Å²) in [7, 11) is -3.92. The van der Waals surface area contributed by atoms with Gasteiger partial charge in [-0.1, -0.05) is 48.5 Å². The Hall–Kier alpha value is -2.65. The third kappa shape index (κ3) is 4.99. The Morgan fingerprint density at radius 1 is 1.21 bits per heavy atom. The number of amidine groups is 1. The van der Waals surface area contributed by atoms with Gasteiger partial charge in [0.05, 0.1) is 11.5 Å². The van der Waals surface area contributed by atoms with Crippen LogP contribution in [0, 0.1) is 6.92 Å². The highest BCUT2D eigenvalue weighted by Crippen LogP contribution is 2.22. The van der Waals surface area contributed by atoms with Crippen LogP contribution in [0.1, 0.15) is 24.5 Å². The lowest BCUT2D eigenvalue weighted by molar-refractivity contribution is -0.118. The molecule has 146 valence electrons. The molecule has 1 fully saturated rings. The third-order valence-corrected chi connectivity index (χ3v) is 6.38. The Kier molecular flexibility index (Phi) is 6.15. The van der Waals surface area contributed by atoms with Gasteiger partial charge >= 0.3 is 10.1 Å². The first-order valence-electron chi connectivity index (χ1n) is 8.57. The molecule has 1 unspecified atom stereocenters. The monoisotopic (exact) mass is 417 g/mol. The number of nitrogens with zero attached hydrogens (tertiary/aromatic N) is 2. The number of amides is 1. The molecule has 0 radical (unpaired) electrons. The quantitative estimate of drug-likeness (QED) is 0.443. The van der Waals surface area contributed by atoms with Gasteiger partial charge < -0.3 is 9.50 Å². The van der Waals surface area contributed by atoms with E-state index in [2.05, 4.69) is 15.5 Å². The minimum absolute atomic E-state index is 0.0711. The molecule has 1 amide bonds. The van der Waals surface area contributed by atoms with Crippen LogP contribution in [-0.4, -0.2) is 31.0 Å². The van der Waals surface area contributed by atoms with Gasteiger partial charge in [0.1, 0.15) is 10.6 Å². The molecule has 2 aromatic rings. The van der Waals surface area contributed by atoms with E-state index >= 15 is 0 Å². The molecule has 1 saturated heterocycles. The average Bonchev–Trinajstić information content (AvgIpc) is 3.02. The standard InChI is InChI=1S/C19H19N3O4S2/c1-3-17-18(23)21-19(27-17)22-20-12-14-5-4-6-15(11-14)26-28(24,25)16-9-7-13(2)8-10-16/h4-12,17H,3H2,1-2H3,(H,21,22,23). The summed E-state index contributed by atoms with van der Waals surface area (Å²) in [6.07, 6.45) is 2.18. The predicted octanol–water partition coefficient (Wildman–Crippen LogP) is 3.09. The molecule has 1 heterocycles. The minimum atomic E-state index is -3.92. The second kappa shape index (κ2) is 8.57. The number of benzene rings is 2. The maximum atomic E-state index is 12.4. The first-order valence-corrected chi connectivity index (χ1v) is 10.9. The number of rotatable bonds is 6. The molecule has 1 aliphatic heterocycles. The van der Waals surface area contributed by atoms with Crippen molar-refractivity contribution in [2.75, 3.05) is 0 Å². The van der Waals surface area contributed by atoms with E-state index in [0.717, 1.165) is 5.56 Å². The van der Waals surface area contributed by atoms with Crippen LogP contribution in [0.25, 0.3) is 0 Å². The fraction of sp³-hybridized carbons (Fsp3) is 0.211. The average molecular weight is 418 g/mol. The fourth-order valence-electron chi connectivity index (χ4n) is 2.40. The summed E-state index contributed by atoms with van der Waals surface area (Å²) in [5.74, 6) is 0.102. The normalized spacial score (nSPS) is 18.6. The van der Waals surface area contributed by atoms with Gasteiger partial charge in [-0.25, -0.2) is 0 Å². The number of nitrogens with one attached hydrogen (secondary N) is 1. The topological polar surface area (TPSA) is 97.2 Å². The van der Waals surface area contributed by atoms with Crippen molar-refractivity contribution in [3.8, 4) is 5.75 Å². The van der Waals surface area contributed by atoms with Crippen LogP contribution < -0.4 is 9.50 Å². The van der Waals surface area contributed by atoms with Crippen LogP contribution in [0.2, 0.25) is 0 Å². The molecule has 9 heteroatoms. The van der Waals surface area contributed by atoms with Gasteiger partial charge in [0.2, 0.25) is 5.91 Å². The molecular weight excluding hydrogens is 398 g/mol. The van der Waals surface area contributed by atoms with Crippen molar-refractivity contribution >= 4 is 39.2 Å². The van der Waals surface area contributed by atoms with Crippen LogP contribution in [-0.2, 0) is 14.9 Å². The van der Waals surface area contributed by atoms with Crippen molar-refractivity contribution in [3.05, 3.63) is 59.7 Å². The number of thioether (sulfide) groups is 1. The summed E-state index contributed by atoms with van der Waals surface area (Å²) in [4.78, 5) is 11.7. The summed E-state index contributed by atoms with van der Waals surface area (Å²) in [6, 6.07) is 12.9. The van der Waals surface area contributed by atoms with Crippen molar-refractivity contribution in [1.82, 2.24) is 5.32 Å². The van der Waals surface area contributed by atoms with E-state index in [0.29, 0.717) is 17.2 Å². The van der Waals surface area contributed by atoms with Gasteiger partial charge in [-0.2, -0.15) is 13.5 Å². The molecule has 28 heavy (non-hydrogen) atoms. The molecule has 3 rings (SSSR count). The maximum Gasteiger partial charge on any atom is 0.339 e. The highest BCUT2D eigenvalue weighted by Gasteiger charge is 2.28. The molecule has 0 saturated carbocycles. The SMILES string of the molecule is CCC1SC(=NN=Cc2cccc(OS(=O)(=O)c3ccc(C)cc3)c2)NC1=O. The minimum Gasteiger partial charge on any atom is -0.379 e. The van der Waals surface area contributed by atoms with E-state index in [1.165, 1.54) is 30.1 Å². The second-order valence-electron chi connectivity index (χ2n) is 6.08. The van der Waals surface area contributed by atoms with Crippen molar-refractivity contribution < 1.29 is 17.4 Å². The van der Waals surface area contributed by atoms with E-state index in [1.54, 1.807) is 36.4 Å². The summed E-state index contributed by atoms with van der Waals surface area (Å²) in [6.45, 7) is 3.81. The van der Waals surface area contributed by atoms with E-state index in [4.69, 9.17) is 4.18 Å². The molecule has 0 bridgehead atoms. The first-order chi connectivity index (χ1) is 13.4. The lowest BCUT2D eigenvalue weighted by atomic mass is 10.2. The molecule has 0 spiro atoms. The molecule has 0 aromatic heterocycles. The molecular formula is C19H19N3O4S2. The first kappa shape index (κ1) is 20.1. The Balaban J connectivity index is 1.70. The zero-order chi connectivity index (χ0) is 20.1. The molecule has 1 atom stereocenters. The van der Waals surface area contributed by atoms with E-state index in [1.807, 2.05) is 13.8 Å². The Morgan fingerprint density at radius 2 is 1.96 bits per heavy atom. The summed E-state index contributed by atoms with van der Waals surface area (Å²) < 4.78 is 30.0. The Bertz CT molecular complexity index is 1030. The van der Waals surface area contributed by atoms with Crippen molar-refractivity contribution in [2.45, 2.75) is 30.4 Å². The maximum absolute atomic E-state index is 12.4. The van der Waals surface area contributed by atoms with Gasteiger partial charge in [-0.05, 0) is 43.2 Å². The van der Waals surface area contributed by atoms with Crippen LogP contribution in [0.3, 0.4) is 0 Å².